The van der Waals surface area contributed by atoms with Gasteiger partial charge in [0.05, 0.1) is 0 Å². The third kappa shape index (κ3) is 3.75. The van der Waals surface area contributed by atoms with Gasteiger partial charge in [-0.05, 0) is 44.0 Å². The molecule has 26 heavy (non-hydrogen) atoms. The van der Waals surface area contributed by atoms with E-state index in [0.717, 1.165) is 6.07 Å². The van der Waals surface area contributed by atoms with E-state index >= 15 is 0 Å². The van der Waals surface area contributed by atoms with Crippen molar-refractivity contribution >= 4 is 27.2 Å². The van der Waals surface area contributed by atoms with E-state index in [2.05, 4.69) is 10.2 Å². The molecular formula is C16H20N4O5S. The van der Waals surface area contributed by atoms with Crippen LogP contribution in [-0.4, -0.2) is 22.6 Å². The number of azo groups is 1. The van der Waals surface area contributed by atoms with Crippen molar-refractivity contribution in [3.63, 3.8) is 0 Å². The molecule has 1 heterocycles. The van der Waals surface area contributed by atoms with E-state index in [1.54, 1.807) is 13.8 Å². The third-order valence-electron chi connectivity index (χ3n) is 3.92. The summed E-state index contributed by atoms with van der Waals surface area (Å²) in [6.07, 6.45) is 0.620. The molecule has 0 saturated carbocycles. The lowest BCUT2D eigenvalue weighted by molar-refractivity contribution is 0.405. The quantitative estimate of drug-likeness (QED) is 0.413. The molecule has 140 valence electrons. The van der Waals surface area contributed by atoms with Crippen molar-refractivity contribution in [2.45, 2.75) is 38.6 Å². The number of nitrogens with zero attached hydrogens (tertiary/aromatic N) is 3. The molecule has 2 aromatic rings. The van der Waals surface area contributed by atoms with Crippen LogP contribution in [0.3, 0.4) is 0 Å². The Labute approximate surface area is 150 Å². The molecule has 4 N–H and O–H groups in total. The highest BCUT2D eigenvalue weighted by molar-refractivity contribution is 7.86. The molecule has 0 aliphatic heterocycles. The summed E-state index contributed by atoms with van der Waals surface area (Å²) in [4.78, 5) is 11.8. The Morgan fingerprint density at radius 2 is 1.85 bits per heavy atom. The Bertz CT molecular complexity index is 1040. The van der Waals surface area contributed by atoms with Crippen molar-refractivity contribution in [1.29, 1.82) is 0 Å². The number of pyridine rings is 1. The number of nitrogen functional groups attached to an aromatic ring is 1. The average molecular weight is 380 g/mol. The van der Waals surface area contributed by atoms with Gasteiger partial charge in [0, 0.05) is 17.8 Å². The predicted octanol–water partition coefficient (Wildman–Crippen LogP) is 2.83. The van der Waals surface area contributed by atoms with Crippen LogP contribution in [-0.2, 0) is 16.7 Å². The minimum atomic E-state index is -4.53. The van der Waals surface area contributed by atoms with Crippen LogP contribution in [0.5, 0.6) is 5.88 Å². The van der Waals surface area contributed by atoms with E-state index in [1.807, 2.05) is 6.92 Å². The molecule has 0 atom stereocenters. The largest absolute Gasteiger partial charge is 0.493 e. The summed E-state index contributed by atoms with van der Waals surface area (Å²) >= 11 is 0. The maximum absolute atomic E-state index is 12.3. The molecule has 0 amide bonds. The van der Waals surface area contributed by atoms with Crippen molar-refractivity contribution in [2.24, 2.45) is 10.2 Å². The van der Waals surface area contributed by atoms with Crippen LogP contribution in [0, 0.1) is 13.8 Å². The first kappa shape index (κ1) is 19.6. The van der Waals surface area contributed by atoms with Gasteiger partial charge in [0.2, 0.25) is 5.88 Å². The summed E-state index contributed by atoms with van der Waals surface area (Å²) in [5.74, 6) is -0.360. The molecule has 0 spiro atoms. The molecule has 0 aliphatic rings. The van der Waals surface area contributed by atoms with Gasteiger partial charge in [0.1, 0.15) is 16.3 Å². The van der Waals surface area contributed by atoms with Gasteiger partial charge < -0.3 is 10.8 Å². The van der Waals surface area contributed by atoms with Crippen molar-refractivity contribution in [1.82, 2.24) is 4.57 Å². The summed E-state index contributed by atoms with van der Waals surface area (Å²) in [6.45, 7) is 5.35. The Balaban J connectivity index is 2.67. The summed E-state index contributed by atoms with van der Waals surface area (Å²) in [5.41, 5.74) is 6.20. The monoisotopic (exact) mass is 380 g/mol. The van der Waals surface area contributed by atoms with Gasteiger partial charge in [-0.25, -0.2) is 0 Å². The lowest BCUT2D eigenvalue weighted by Gasteiger charge is -2.13. The molecule has 10 heteroatoms. The zero-order valence-corrected chi connectivity index (χ0v) is 15.4. The van der Waals surface area contributed by atoms with Crippen LogP contribution in [0.1, 0.15) is 24.5 Å². The smallest absolute Gasteiger partial charge is 0.296 e. The van der Waals surface area contributed by atoms with Gasteiger partial charge in [-0.2, -0.15) is 8.42 Å². The van der Waals surface area contributed by atoms with E-state index in [-0.39, 0.29) is 28.5 Å². The molecule has 1 aromatic heterocycles. The number of hydrogen-bond acceptors (Lipinski definition) is 7. The van der Waals surface area contributed by atoms with Crippen LogP contribution >= 0.6 is 0 Å². The van der Waals surface area contributed by atoms with E-state index in [9.17, 15) is 22.9 Å². The summed E-state index contributed by atoms with van der Waals surface area (Å²) in [7, 11) is -4.53. The van der Waals surface area contributed by atoms with E-state index < -0.39 is 15.0 Å². The number of rotatable bonds is 5. The minimum Gasteiger partial charge on any atom is -0.493 e. The SMILES string of the molecule is CCCn1c(O)c(N=Nc2cc(N)ccc2S(=O)(=O)O)c(C)c(C)c1=O. The van der Waals surface area contributed by atoms with E-state index in [1.165, 1.54) is 16.7 Å². The topological polar surface area (TPSA) is 147 Å². The number of aromatic nitrogens is 1. The standard InChI is InChI=1S/C16H20N4O5S/c1-4-7-20-15(21)10(3)9(2)14(16(20)22)19-18-12-8-11(17)5-6-13(12)26(23,24)25/h5-6,8,22H,4,7,17H2,1-3H3,(H,23,24,25). The molecular weight excluding hydrogens is 360 g/mol. The molecule has 0 unspecified atom stereocenters. The summed E-state index contributed by atoms with van der Waals surface area (Å²) in [5, 5.41) is 18.1. The number of anilines is 1. The second-order valence-corrected chi connectivity index (χ2v) is 7.17. The van der Waals surface area contributed by atoms with Crippen LogP contribution in [0.2, 0.25) is 0 Å². The van der Waals surface area contributed by atoms with Crippen LogP contribution in [0.15, 0.2) is 38.1 Å². The second kappa shape index (κ2) is 7.26. The Morgan fingerprint density at radius 3 is 2.42 bits per heavy atom. The van der Waals surface area contributed by atoms with Gasteiger partial charge in [-0.1, -0.05) is 6.92 Å². The third-order valence-corrected chi connectivity index (χ3v) is 4.82. The highest BCUT2D eigenvalue weighted by atomic mass is 32.2. The van der Waals surface area contributed by atoms with Crippen LogP contribution < -0.4 is 11.3 Å². The van der Waals surface area contributed by atoms with Gasteiger partial charge in [-0.3, -0.25) is 13.9 Å². The summed E-state index contributed by atoms with van der Waals surface area (Å²) in [6, 6.07) is 3.64. The van der Waals surface area contributed by atoms with E-state index in [4.69, 9.17) is 5.73 Å². The van der Waals surface area contributed by atoms with Crippen molar-refractivity contribution in [3.8, 4) is 5.88 Å². The Hall–Kier alpha value is -2.72. The highest BCUT2D eigenvalue weighted by Gasteiger charge is 2.18. The maximum Gasteiger partial charge on any atom is 0.296 e. The Kier molecular flexibility index (Phi) is 5.47. The molecule has 0 bridgehead atoms. The molecule has 0 radical (unpaired) electrons. The molecule has 0 saturated heterocycles. The number of aromatic hydroxyl groups is 1. The fourth-order valence-corrected chi connectivity index (χ4v) is 3.02. The van der Waals surface area contributed by atoms with Gasteiger partial charge in [0.15, 0.2) is 0 Å². The lowest BCUT2D eigenvalue weighted by Crippen LogP contribution is -2.23. The van der Waals surface area contributed by atoms with Gasteiger partial charge in [-0.15, -0.1) is 10.2 Å². The average Bonchev–Trinajstić information content (AvgIpc) is 2.56. The number of benzene rings is 1. The molecule has 0 fully saturated rings. The zero-order valence-electron chi connectivity index (χ0n) is 14.6. The Morgan fingerprint density at radius 1 is 1.19 bits per heavy atom. The second-order valence-electron chi connectivity index (χ2n) is 5.78. The molecule has 2 rings (SSSR count). The van der Waals surface area contributed by atoms with Crippen LogP contribution in [0.25, 0.3) is 0 Å². The first-order chi connectivity index (χ1) is 12.1. The summed E-state index contributed by atoms with van der Waals surface area (Å²) < 4.78 is 33.4. The normalized spacial score (nSPS) is 12.0. The molecule has 1 aromatic carbocycles. The maximum atomic E-state index is 12.3. The fourth-order valence-electron chi connectivity index (χ4n) is 2.42. The molecule has 9 nitrogen and oxygen atoms in total. The number of hydrogen-bond donors (Lipinski definition) is 3. The van der Waals surface area contributed by atoms with Crippen molar-refractivity contribution < 1.29 is 18.1 Å². The minimum absolute atomic E-state index is 0.0410. The first-order valence-corrected chi connectivity index (χ1v) is 9.23. The van der Waals surface area contributed by atoms with Gasteiger partial charge >= 0.3 is 0 Å². The van der Waals surface area contributed by atoms with Gasteiger partial charge in [0.25, 0.3) is 15.7 Å². The molecule has 0 aliphatic carbocycles. The van der Waals surface area contributed by atoms with E-state index in [0.29, 0.717) is 24.1 Å². The van der Waals surface area contributed by atoms with Crippen molar-refractivity contribution in [2.75, 3.05) is 5.73 Å². The lowest BCUT2D eigenvalue weighted by atomic mass is 10.1. The van der Waals surface area contributed by atoms with Crippen LogP contribution in [0.4, 0.5) is 17.1 Å². The number of nitrogens with two attached hydrogens (primary N) is 1. The first-order valence-electron chi connectivity index (χ1n) is 7.79. The predicted molar refractivity (Wildman–Crippen MR) is 97.0 cm³/mol. The fraction of sp³-hybridized carbons (Fsp3) is 0.312. The zero-order chi connectivity index (χ0) is 19.6. The van der Waals surface area contributed by atoms with Crippen molar-refractivity contribution in [3.05, 3.63) is 39.7 Å². The highest BCUT2D eigenvalue weighted by Crippen LogP contribution is 2.34.